The largest absolute Gasteiger partial charge is 0.433 e. The summed E-state index contributed by atoms with van der Waals surface area (Å²) in [5.41, 5.74) is 0.702. The molecule has 0 radical (unpaired) electrons. The standard InChI is InChI=1S/C19H31F2N5O/c1-4-22-19(23-11-13-25(3)5-2)24-15-10-12-26(14-15)16-8-6-7-9-17(16)27-18(20)21/h6-9,15,18H,4-5,10-14H2,1-3H3,(H2,22,23,24). The lowest BCUT2D eigenvalue weighted by atomic mass is 10.2. The molecule has 0 spiro atoms. The number of benzene rings is 1. The molecule has 0 aromatic heterocycles. The van der Waals surface area contributed by atoms with Crippen molar-refractivity contribution in [1.82, 2.24) is 15.5 Å². The maximum Gasteiger partial charge on any atom is 0.387 e. The van der Waals surface area contributed by atoms with Gasteiger partial charge in [0.05, 0.1) is 12.2 Å². The van der Waals surface area contributed by atoms with Crippen LogP contribution in [0.15, 0.2) is 29.3 Å². The number of ether oxygens (including phenoxy) is 1. The van der Waals surface area contributed by atoms with Gasteiger partial charge in [-0.05, 0) is 39.1 Å². The van der Waals surface area contributed by atoms with Crippen LogP contribution in [0.1, 0.15) is 20.3 Å². The maximum atomic E-state index is 12.6. The predicted molar refractivity (Wildman–Crippen MR) is 106 cm³/mol. The number of hydrogen-bond acceptors (Lipinski definition) is 4. The topological polar surface area (TPSA) is 52.1 Å². The van der Waals surface area contributed by atoms with Gasteiger partial charge in [0.15, 0.2) is 5.96 Å². The van der Waals surface area contributed by atoms with Crippen LogP contribution in [0.5, 0.6) is 5.75 Å². The summed E-state index contributed by atoms with van der Waals surface area (Å²) in [6.45, 7) is 6.24. The Morgan fingerprint density at radius 2 is 2.15 bits per heavy atom. The van der Waals surface area contributed by atoms with Crippen LogP contribution in [0, 0.1) is 0 Å². The summed E-state index contributed by atoms with van der Waals surface area (Å²) < 4.78 is 29.9. The van der Waals surface area contributed by atoms with Crippen molar-refractivity contribution in [3.05, 3.63) is 24.3 Å². The molecule has 1 saturated heterocycles. The summed E-state index contributed by atoms with van der Waals surface area (Å²) >= 11 is 0. The number of aliphatic imine (C=N–C) groups is 1. The monoisotopic (exact) mass is 383 g/mol. The van der Waals surface area contributed by atoms with E-state index in [9.17, 15) is 8.78 Å². The minimum absolute atomic E-state index is 0.200. The zero-order valence-corrected chi connectivity index (χ0v) is 16.4. The van der Waals surface area contributed by atoms with E-state index in [1.54, 1.807) is 12.1 Å². The molecule has 0 saturated carbocycles. The second-order valence-corrected chi connectivity index (χ2v) is 6.58. The summed E-state index contributed by atoms with van der Waals surface area (Å²) in [4.78, 5) is 8.92. The van der Waals surface area contributed by atoms with Crippen LogP contribution >= 0.6 is 0 Å². The maximum absolute atomic E-state index is 12.6. The van der Waals surface area contributed by atoms with Crippen molar-refractivity contribution in [2.75, 3.05) is 51.2 Å². The van der Waals surface area contributed by atoms with E-state index in [0.717, 1.165) is 45.1 Å². The van der Waals surface area contributed by atoms with E-state index >= 15 is 0 Å². The van der Waals surface area contributed by atoms with E-state index in [-0.39, 0.29) is 11.8 Å². The average Bonchev–Trinajstić information content (AvgIpc) is 3.10. The van der Waals surface area contributed by atoms with Gasteiger partial charge in [0.25, 0.3) is 0 Å². The fourth-order valence-corrected chi connectivity index (χ4v) is 3.01. The van der Waals surface area contributed by atoms with E-state index in [2.05, 4.69) is 44.1 Å². The average molecular weight is 383 g/mol. The van der Waals surface area contributed by atoms with Crippen LogP contribution in [0.4, 0.5) is 14.5 Å². The summed E-state index contributed by atoms with van der Waals surface area (Å²) in [5, 5.41) is 6.73. The van der Waals surface area contributed by atoms with Gasteiger partial charge in [-0.2, -0.15) is 8.78 Å². The summed E-state index contributed by atoms with van der Waals surface area (Å²) in [6, 6.07) is 7.14. The van der Waals surface area contributed by atoms with Gasteiger partial charge in [0.1, 0.15) is 5.75 Å². The third-order valence-corrected chi connectivity index (χ3v) is 4.59. The Hall–Kier alpha value is -2.09. The lowest BCUT2D eigenvalue weighted by Gasteiger charge is -2.22. The normalized spacial score (nSPS) is 17.7. The molecule has 1 aromatic rings. The molecule has 27 heavy (non-hydrogen) atoms. The Bertz CT molecular complexity index is 599. The van der Waals surface area contributed by atoms with Gasteiger partial charge < -0.3 is 25.2 Å². The van der Waals surface area contributed by atoms with Gasteiger partial charge in [-0.3, -0.25) is 4.99 Å². The lowest BCUT2D eigenvalue weighted by molar-refractivity contribution is -0.0495. The highest BCUT2D eigenvalue weighted by molar-refractivity contribution is 5.80. The predicted octanol–water partition coefficient (Wildman–Crippen LogP) is 2.37. The third kappa shape index (κ3) is 6.86. The highest BCUT2D eigenvalue weighted by atomic mass is 19.3. The Morgan fingerprint density at radius 1 is 1.37 bits per heavy atom. The lowest BCUT2D eigenvalue weighted by Crippen LogP contribution is -2.45. The molecule has 1 aliphatic rings. The molecule has 1 fully saturated rings. The molecular formula is C19H31F2N5O. The summed E-state index contributed by atoms with van der Waals surface area (Å²) in [7, 11) is 2.07. The first kappa shape index (κ1) is 21.2. The number of guanidine groups is 1. The Morgan fingerprint density at radius 3 is 2.85 bits per heavy atom. The van der Waals surface area contributed by atoms with E-state index in [0.29, 0.717) is 12.2 Å². The Kier molecular flexibility index (Phi) is 8.57. The minimum Gasteiger partial charge on any atom is -0.433 e. The van der Waals surface area contributed by atoms with Crippen LogP contribution in [0.25, 0.3) is 0 Å². The highest BCUT2D eigenvalue weighted by Crippen LogP contribution is 2.31. The first-order valence-corrected chi connectivity index (χ1v) is 9.55. The molecular weight excluding hydrogens is 352 g/mol. The highest BCUT2D eigenvalue weighted by Gasteiger charge is 2.26. The zero-order chi connectivity index (χ0) is 19.6. The number of hydrogen-bond donors (Lipinski definition) is 2. The first-order chi connectivity index (χ1) is 13.0. The van der Waals surface area contributed by atoms with Crippen molar-refractivity contribution >= 4 is 11.6 Å². The number of nitrogens with zero attached hydrogens (tertiary/aromatic N) is 3. The van der Waals surface area contributed by atoms with Crippen molar-refractivity contribution in [1.29, 1.82) is 0 Å². The van der Waals surface area contributed by atoms with Crippen molar-refractivity contribution in [2.24, 2.45) is 4.99 Å². The van der Waals surface area contributed by atoms with Crippen molar-refractivity contribution in [2.45, 2.75) is 32.9 Å². The summed E-state index contributed by atoms with van der Waals surface area (Å²) in [6.07, 6.45) is 0.905. The van der Waals surface area contributed by atoms with Crippen LogP contribution in [0.3, 0.4) is 0 Å². The molecule has 2 N–H and O–H groups in total. The van der Waals surface area contributed by atoms with Gasteiger partial charge in [0, 0.05) is 32.2 Å². The van der Waals surface area contributed by atoms with E-state index < -0.39 is 6.61 Å². The SMILES string of the molecule is CCNC(=NCCN(C)CC)NC1CCN(c2ccccc2OC(F)F)C1. The molecule has 0 aliphatic carbocycles. The van der Waals surface area contributed by atoms with Crippen LogP contribution in [0.2, 0.25) is 0 Å². The van der Waals surface area contributed by atoms with Crippen LogP contribution in [-0.4, -0.2) is 69.8 Å². The van der Waals surface area contributed by atoms with Crippen molar-refractivity contribution in [3.63, 3.8) is 0 Å². The zero-order valence-electron chi connectivity index (χ0n) is 16.4. The molecule has 1 unspecified atom stereocenters. The number of halogens is 2. The van der Waals surface area contributed by atoms with Gasteiger partial charge in [0.2, 0.25) is 0 Å². The molecule has 0 bridgehead atoms. The second kappa shape index (κ2) is 10.9. The summed E-state index contributed by atoms with van der Waals surface area (Å²) in [5.74, 6) is 1.02. The fourth-order valence-electron chi connectivity index (χ4n) is 3.01. The Balaban J connectivity index is 1.95. The second-order valence-electron chi connectivity index (χ2n) is 6.58. The fraction of sp³-hybridized carbons (Fsp3) is 0.632. The third-order valence-electron chi connectivity index (χ3n) is 4.59. The Labute approximate surface area is 160 Å². The molecule has 1 heterocycles. The van der Waals surface area contributed by atoms with Crippen LogP contribution < -0.4 is 20.3 Å². The molecule has 0 amide bonds. The molecule has 2 rings (SSSR count). The van der Waals surface area contributed by atoms with Gasteiger partial charge in [-0.1, -0.05) is 19.1 Å². The molecule has 1 atom stereocenters. The van der Waals surface area contributed by atoms with E-state index in [1.807, 2.05) is 19.1 Å². The molecule has 1 aromatic carbocycles. The molecule has 8 heteroatoms. The number of likely N-dealkylation sites (N-methyl/N-ethyl adjacent to an activating group) is 1. The van der Waals surface area contributed by atoms with Gasteiger partial charge in [-0.25, -0.2) is 0 Å². The minimum atomic E-state index is -2.82. The van der Waals surface area contributed by atoms with Gasteiger partial charge >= 0.3 is 6.61 Å². The molecule has 1 aliphatic heterocycles. The van der Waals surface area contributed by atoms with Crippen molar-refractivity contribution < 1.29 is 13.5 Å². The van der Waals surface area contributed by atoms with E-state index in [1.165, 1.54) is 0 Å². The first-order valence-electron chi connectivity index (χ1n) is 9.55. The number of para-hydroxylation sites is 2. The van der Waals surface area contributed by atoms with Gasteiger partial charge in [-0.15, -0.1) is 0 Å². The number of alkyl halides is 2. The number of anilines is 1. The van der Waals surface area contributed by atoms with Crippen LogP contribution in [-0.2, 0) is 0 Å². The quantitative estimate of drug-likeness (QED) is 0.507. The van der Waals surface area contributed by atoms with Crippen molar-refractivity contribution in [3.8, 4) is 5.75 Å². The number of rotatable bonds is 9. The smallest absolute Gasteiger partial charge is 0.387 e. The number of nitrogens with one attached hydrogen (secondary N) is 2. The molecule has 6 nitrogen and oxygen atoms in total. The molecule has 152 valence electrons. The van der Waals surface area contributed by atoms with E-state index in [4.69, 9.17) is 0 Å².